The van der Waals surface area contributed by atoms with Gasteiger partial charge < -0.3 is 19.9 Å². The molecule has 0 saturated carbocycles. The van der Waals surface area contributed by atoms with Crippen molar-refractivity contribution < 1.29 is 9.53 Å². The third-order valence-electron chi connectivity index (χ3n) is 5.04. The van der Waals surface area contributed by atoms with Gasteiger partial charge in [0.05, 0.1) is 0 Å². The number of carbonyl (C=O) groups is 1. The summed E-state index contributed by atoms with van der Waals surface area (Å²) in [7, 11) is 1.85. The first kappa shape index (κ1) is 18.9. The van der Waals surface area contributed by atoms with E-state index in [9.17, 15) is 4.79 Å². The second-order valence-electron chi connectivity index (χ2n) is 8.19. The van der Waals surface area contributed by atoms with Crippen molar-refractivity contribution in [2.24, 2.45) is 7.05 Å². The van der Waals surface area contributed by atoms with Crippen LogP contribution in [0.1, 0.15) is 46.5 Å². The van der Waals surface area contributed by atoms with E-state index in [1.165, 1.54) is 0 Å². The summed E-state index contributed by atoms with van der Waals surface area (Å²) in [5.41, 5.74) is -0.479. The Labute approximate surface area is 155 Å². The number of nitrogens with zero attached hydrogens (tertiary/aromatic N) is 6. The number of hydrogen-bond donors (Lipinski definition) is 1. The number of amides is 1. The molecule has 2 aliphatic heterocycles. The molecule has 0 bridgehead atoms. The summed E-state index contributed by atoms with van der Waals surface area (Å²) in [5.74, 6) is 0.786. The molecule has 2 saturated heterocycles. The van der Waals surface area contributed by atoms with E-state index >= 15 is 0 Å². The van der Waals surface area contributed by atoms with Gasteiger partial charge in [-0.2, -0.15) is 0 Å². The topological polar surface area (TPSA) is 88.4 Å². The summed E-state index contributed by atoms with van der Waals surface area (Å²) in [5, 5.41) is 15.1. The summed E-state index contributed by atoms with van der Waals surface area (Å²) in [6, 6.07) is 0.449. The molecule has 146 valence electrons. The normalized spacial score (nSPS) is 20.2. The SMILES string of the molecule is Cn1nnnc1N1CCC(N(C(=O)OC(C)(C)C)C2CCNCC2)CC1. The Morgan fingerprint density at radius 2 is 1.77 bits per heavy atom. The first-order valence-electron chi connectivity index (χ1n) is 9.54. The van der Waals surface area contributed by atoms with Crippen LogP contribution < -0.4 is 10.2 Å². The molecule has 0 unspecified atom stereocenters. The first-order valence-corrected chi connectivity index (χ1v) is 9.54. The monoisotopic (exact) mass is 365 g/mol. The standard InChI is InChI=1S/C17H31N7O2/c1-17(2,3)26-16(25)24(13-5-9-18-10-6-13)14-7-11-23(12-8-14)15-19-20-21-22(15)4/h13-14,18H,5-12H2,1-4H3. The Hall–Kier alpha value is -1.90. The van der Waals surface area contributed by atoms with Crippen LogP contribution in [-0.2, 0) is 11.8 Å². The summed E-state index contributed by atoms with van der Waals surface area (Å²) < 4.78 is 7.43. The molecular formula is C17H31N7O2. The van der Waals surface area contributed by atoms with Crippen molar-refractivity contribution in [2.75, 3.05) is 31.1 Å². The highest BCUT2D eigenvalue weighted by atomic mass is 16.6. The van der Waals surface area contributed by atoms with Gasteiger partial charge >= 0.3 is 6.09 Å². The molecule has 0 aliphatic carbocycles. The van der Waals surface area contributed by atoms with E-state index in [2.05, 4.69) is 25.7 Å². The molecule has 2 fully saturated rings. The fourth-order valence-electron chi connectivity index (χ4n) is 3.83. The predicted octanol–water partition coefficient (Wildman–Crippen LogP) is 1.17. The van der Waals surface area contributed by atoms with E-state index in [0.717, 1.165) is 57.8 Å². The van der Waals surface area contributed by atoms with Crippen LogP contribution in [0.2, 0.25) is 0 Å². The number of tetrazole rings is 1. The average molecular weight is 365 g/mol. The summed E-state index contributed by atoms with van der Waals surface area (Å²) >= 11 is 0. The van der Waals surface area contributed by atoms with E-state index in [4.69, 9.17) is 4.74 Å². The zero-order valence-corrected chi connectivity index (χ0v) is 16.3. The third-order valence-corrected chi connectivity index (χ3v) is 5.04. The second kappa shape index (κ2) is 7.77. The maximum atomic E-state index is 13.0. The van der Waals surface area contributed by atoms with E-state index in [1.807, 2.05) is 32.7 Å². The second-order valence-corrected chi connectivity index (χ2v) is 8.19. The van der Waals surface area contributed by atoms with Gasteiger partial charge in [-0.1, -0.05) is 5.10 Å². The average Bonchev–Trinajstić information content (AvgIpc) is 3.01. The molecule has 3 heterocycles. The number of piperidine rings is 2. The minimum Gasteiger partial charge on any atom is -0.444 e. The Morgan fingerprint density at radius 3 is 2.31 bits per heavy atom. The van der Waals surface area contributed by atoms with E-state index in [-0.39, 0.29) is 18.2 Å². The fraction of sp³-hybridized carbons (Fsp3) is 0.882. The van der Waals surface area contributed by atoms with Crippen molar-refractivity contribution >= 4 is 12.0 Å². The van der Waals surface area contributed by atoms with Crippen molar-refractivity contribution in [3.8, 4) is 0 Å². The molecule has 0 aromatic carbocycles. The molecule has 0 radical (unpaired) electrons. The highest BCUT2D eigenvalue weighted by Gasteiger charge is 2.36. The Bertz CT molecular complexity index is 598. The van der Waals surface area contributed by atoms with Crippen molar-refractivity contribution in [1.29, 1.82) is 0 Å². The van der Waals surface area contributed by atoms with Gasteiger partial charge in [-0.25, -0.2) is 9.48 Å². The number of rotatable bonds is 3. The fourth-order valence-corrected chi connectivity index (χ4v) is 3.83. The molecule has 0 spiro atoms. The van der Waals surface area contributed by atoms with Crippen LogP contribution in [0.15, 0.2) is 0 Å². The van der Waals surface area contributed by atoms with Gasteiger partial charge in [-0.15, -0.1) is 0 Å². The minimum atomic E-state index is -0.479. The molecule has 3 rings (SSSR count). The zero-order chi connectivity index (χ0) is 18.7. The molecule has 2 aliphatic rings. The molecule has 1 N–H and O–H groups in total. The minimum absolute atomic E-state index is 0.178. The lowest BCUT2D eigenvalue weighted by atomic mass is 9.97. The number of aryl methyl sites for hydroxylation is 1. The molecule has 26 heavy (non-hydrogen) atoms. The lowest BCUT2D eigenvalue weighted by Crippen LogP contribution is -2.55. The molecule has 0 atom stereocenters. The van der Waals surface area contributed by atoms with Crippen molar-refractivity contribution in [1.82, 2.24) is 30.4 Å². The molecule has 1 aromatic rings. The van der Waals surface area contributed by atoms with Gasteiger partial charge in [-0.3, -0.25) is 0 Å². The van der Waals surface area contributed by atoms with Crippen LogP contribution in [0.4, 0.5) is 10.7 Å². The largest absolute Gasteiger partial charge is 0.444 e. The van der Waals surface area contributed by atoms with E-state index < -0.39 is 5.60 Å². The zero-order valence-electron chi connectivity index (χ0n) is 16.3. The maximum Gasteiger partial charge on any atom is 0.410 e. The molecule has 9 heteroatoms. The smallest absolute Gasteiger partial charge is 0.410 e. The van der Waals surface area contributed by atoms with Gasteiger partial charge in [0, 0.05) is 32.2 Å². The van der Waals surface area contributed by atoms with E-state index in [0.29, 0.717) is 0 Å². The molecule has 1 amide bonds. The number of carbonyl (C=O) groups excluding carboxylic acids is 1. The first-order chi connectivity index (χ1) is 12.3. The van der Waals surface area contributed by atoms with Crippen LogP contribution in [-0.4, -0.2) is 75.1 Å². The quantitative estimate of drug-likeness (QED) is 0.860. The summed E-state index contributed by atoms with van der Waals surface area (Å²) in [4.78, 5) is 17.2. The van der Waals surface area contributed by atoms with Crippen molar-refractivity contribution in [2.45, 2.75) is 64.1 Å². The molecule has 1 aromatic heterocycles. The Kier molecular flexibility index (Phi) is 5.64. The maximum absolute atomic E-state index is 13.0. The van der Waals surface area contributed by atoms with Gasteiger partial charge in [0.15, 0.2) is 0 Å². The predicted molar refractivity (Wildman–Crippen MR) is 98.0 cm³/mol. The van der Waals surface area contributed by atoms with Crippen LogP contribution in [0, 0.1) is 0 Å². The lowest BCUT2D eigenvalue weighted by Gasteiger charge is -2.43. The van der Waals surface area contributed by atoms with Gasteiger partial charge in [0.2, 0.25) is 5.95 Å². The Balaban J connectivity index is 1.69. The number of nitrogens with one attached hydrogen (secondary N) is 1. The van der Waals surface area contributed by atoms with Crippen LogP contribution in [0.5, 0.6) is 0 Å². The summed E-state index contributed by atoms with van der Waals surface area (Å²) in [6.45, 7) is 9.35. The molecular weight excluding hydrogens is 334 g/mol. The van der Waals surface area contributed by atoms with E-state index in [1.54, 1.807) is 4.68 Å². The number of hydrogen-bond acceptors (Lipinski definition) is 7. The highest BCUT2D eigenvalue weighted by molar-refractivity contribution is 5.69. The van der Waals surface area contributed by atoms with Crippen LogP contribution in [0.25, 0.3) is 0 Å². The van der Waals surface area contributed by atoms with Gasteiger partial charge in [0.25, 0.3) is 0 Å². The van der Waals surface area contributed by atoms with Gasteiger partial charge in [-0.05, 0) is 70.0 Å². The summed E-state index contributed by atoms with van der Waals surface area (Å²) in [6.07, 6.45) is 3.58. The lowest BCUT2D eigenvalue weighted by molar-refractivity contribution is -0.00221. The number of ether oxygens (including phenoxy) is 1. The van der Waals surface area contributed by atoms with Gasteiger partial charge in [0.1, 0.15) is 5.60 Å². The number of aromatic nitrogens is 4. The van der Waals surface area contributed by atoms with Crippen LogP contribution >= 0.6 is 0 Å². The molecule has 9 nitrogen and oxygen atoms in total. The van der Waals surface area contributed by atoms with Crippen LogP contribution in [0.3, 0.4) is 0 Å². The van der Waals surface area contributed by atoms with Crippen molar-refractivity contribution in [3.05, 3.63) is 0 Å². The highest BCUT2D eigenvalue weighted by Crippen LogP contribution is 2.26. The Morgan fingerprint density at radius 1 is 1.15 bits per heavy atom. The number of anilines is 1. The van der Waals surface area contributed by atoms with Crippen molar-refractivity contribution in [3.63, 3.8) is 0 Å². The third kappa shape index (κ3) is 4.44.